The smallest absolute Gasteiger partial charge is 0.332 e. The van der Waals surface area contributed by atoms with Gasteiger partial charge in [0.2, 0.25) is 5.91 Å². The van der Waals surface area contributed by atoms with Crippen LogP contribution < -0.4 is 22.1 Å². The average molecular weight is 463 g/mol. The SMILES string of the molecule is Cn1c(=O)c2c(ncn2CC(=O)NCc2nn(C3CCCC3)c(=O)c3ccccc23)n(C)c1=O. The molecule has 176 valence electrons. The lowest BCUT2D eigenvalue weighted by atomic mass is 10.1. The van der Waals surface area contributed by atoms with Crippen molar-refractivity contribution < 1.29 is 4.79 Å². The Labute approximate surface area is 193 Å². The van der Waals surface area contributed by atoms with Gasteiger partial charge in [0.25, 0.3) is 11.1 Å². The van der Waals surface area contributed by atoms with E-state index in [0.29, 0.717) is 16.5 Å². The molecule has 5 rings (SSSR count). The molecule has 1 amide bonds. The zero-order chi connectivity index (χ0) is 24.0. The van der Waals surface area contributed by atoms with Gasteiger partial charge in [-0.05, 0) is 18.9 Å². The number of fused-ring (bicyclic) bond motifs is 2. The van der Waals surface area contributed by atoms with Crippen LogP contribution in [0.3, 0.4) is 0 Å². The first-order valence-electron chi connectivity index (χ1n) is 11.2. The van der Waals surface area contributed by atoms with Crippen molar-refractivity contribution in [1.82, 2.24) is 33.8 Å². The van der Waals surface area contributed by atoms with Crippen molar-refractivity contribution in [1.29, 1.82) is 0 Å². The van der Waals surface area contributed by atoms with E-state index in [9.17, 15) is 19.2 Å². The van der Waals surface area contributed by atoms with Crippen molar-refractivity contribution in [3.8, 4) is 0 Å². The van der Waals surface area contributed by atoms with E-state index in [-0.39, 0.29) is 41.8 Å². The van der Waals surface area contributed by atoms with Crippen LogP contribution in [-0.2, 0) is 32.0 Å². The van der Waals surface area contributed by atoms with Gasteiger partial charge in [0.15, 0.2) is 11.2 Å². The molecule has 1 aliphatic rings. The van der Waals surface area contributed by atoms with Crippen LogP contribution in [-0.4, -0.2) is 34.4 Å². The van der Waals surface area contributed by atoms with Gasteiger partial charge in [-0.3, -0.25) is 23.5 Å². The first-order valence-corrected chi connectivity index (χ1v) is 11.2. The van der Waals surface area contributed by atoms with Gasteiger partial charge in [0.05, 0.1) is 30.0 Å². The molecule has 4 aromatic rings. The molecule has 1 N–H and O–H groups in total. The van der Waals surface area contributed by atoms with Crippen molar-refractivity contribution in [2.45, 2.75) is 44.8 Å². The topological polar surface area (TPSA) is 126 Å². The molecule has 1 fully saturated rings. The lowest BCUT2D eigenvalue weighted by Gasteiger charge is -2.16. The van der Waals surface area contributed by atoms with Crippen molar-refractivity contribution in [3.05, 3.63) is 67.5 Å². The third kappa shape index (κ3) is 3.53. The highest BCUT2D eigenvalue weighted by atomic mass is 16.2. The summed E-state index contributed by atoms with van der Waals surface area (Å²) in [6, 6.07) is 7.35. The van der Waals surface area contributed by atoms with E-state index in [1.54, 1.807) is 10.7 Å². The van der Waals surface area contributed by atoms with Gasteiger partial charge in [0.1, 0.15) is 6.54 Å². The van der Waals surface area contributed by atoms with Crippen molar-refractivity contribution in [2.75, 3.05) is 0 Å². The molecule has 11 heteroatoms. The Hall–Kier alpha value is -4.02. The Balaban J connectivity index is 1.43. The normalized spacial score (nSPS) is 14.3. The van der Waals surface area contributed by atoms with Crippen LogP contribution in [0.25, 0.3) is 21.9 Å². The second-order valence-electron chi connectivity index (χ2n) is 8.71. The summed E-state index contributed by atoms with van der Waals surface area (Å²) in [5.41, 5.74) is -0.0919. The van der Waals surface area contributed by atoms with Crippen LogP contribution in [0.4, 0.5) is 0 Å². The number of aromatic nitrogens is 6. The van der Waals surface area contributed by atoms with Crippen LogP contribution in [0.15, 0.2) is 45.0 Å². The van der Waals surface area contributed by atoms with Crippen molar-refractivity contribution in [2.24, 2.45) is 14.1 Å². The minimum atomic E-state index is -0.514. The molecule has 34 heavy (non-hydrogen) atoms. The molecule has 1 aliphatic carbocycles. The molecule has 0 atom stereocenters. The van der Waals surface area contributed by atoms with E-state index in [4.69, 9.17) is 0 Å². The fourth-order valence-corrected chi connectivity index (χ4v) is 4.71. The molecule has 1 saturated carbocycles. The maximum absolute atomic E-state index is 13.0. The van der Waals surface area contributed by atoms with Gasteiger partial charge < -0.3 is 9.88 Å². The van der Waals surface area contributed by atoms with E-state index in [0.717, 1.165) is 30.3 Å². The number of hydrogen-bond acceptors (Lipinski definition) is 6. The number of carbonyl (C=O) groups is 1. The Morgan fingerprint density at radius 1 is 1.03 bits per heavy atom. The highest BCUT2D eigenvalue weighted by Crippen LogP contribution is 2.28. The zero-order valence-electron chi connectivity index (χ0n) is 19.0. The number of nitrogens with one attached hydrogen (secondary N) is 1. The molecular formula is C23H25N7O4. The highest BCUT2D eigenvalue weighted by molar-refractivity contribution is 5.84. The molecule has 0 aliphatic heterocycles. The lowest BCUT2D eigenvalue weighted by molar-refractivity contribution is -0.121. The van der Waals surface area contributed by atoms with E-state index in [1.165, 1.54) is 29.6 Å². The number of benzene rings is 1. The molecule has 0 bridgehead atoms. The monoisotopic (exact) mass is 463 g/mol. The van der Waals surface area contributed by atoms with E-state index in [2.05, 4.69) is 15.4 Å². The van der Waals surface area contributed by atoms with E-state index >= 15 is 0 Å². The molecule has 3 aromatic heterocycles. The number of imidazole rings is 1. The second kappa shape index (κ2) is 8.40. The van der Waals surface area contributed by atoms with Gasteiger partial charge in [0, 0.05) is 19.5 Å². The van der Waals surface area contributed by atoms with Gasteiger partial charge in [-0.15, -0.1) is 0 Å². The van der Waals surface area contributed by atoms with E-state index in [1.807, 2.05) is 18.2 Å². The van der Waals surface area contributed by atoms with Gasteiger partial charge in [-0.1, -0.05) is 31.0 Å². The first kappa shape index (κ1) is 21.8. The minimum Gasteiger partial charge on any atom is -0.349 e. The molecule has 1 aromatic carbocycles. The zero-order valence-corrected chi connectivity index (χ0v) is 19.0. The Morgan fingerprint density at radius 2 is 1.74 bits per heavy atom. The molecule has 0 unspecified atom stereocenters. The number of nitrogens with zero attached hydrogens (tertiary/aromatic N) is 6. The number of rotatable bonds is 5. The lowest BCUT2D eigenvalue weighted by Crippen LogP contribution is -2.38. The molecule has 0 radical (unpaired) electrons. The molecule has 3 heterocycles. The summed E-state index contributed by atoms with van der Waals surface area (Å²) in [4.78, 5) is 54.6. The average Bonchev–Trinajstić information content (AvgIpc) is 3.52. The molecule has 11 nitrogen and oxygen atoms in total. The van der Waals surface area contributed by atoms with Crippen LogP contribution >= 0.6 is 0 Å². The number of aryl methyl sites for hydroxylation is 1. The maximum atomic E-state index is 13.0. The molecule has 0 spiro atoms. The summed E-state index contributed by atoms with van der Waals surface area (Å²) in [6.45, 7) is -0.0143. The minimum absolute atomic E-state index is 0.0757. The number of carbonyl (C=O) groups excluding carboxylic acids is 1. The Bertz CT molecular complexity index is 1600. The second-order valence-corrected chi connectivity index (χ2v) is 8.71. The van der Waals surface area contributed by atoms with Gasteiger partial charge >= 0.3 is 5.69 Å². The Kier molecular flexibility index (Phi) is 5.39. The third-order valence-electron chi connectivity index (χ3n) is 6.56. The summed E-state index contributed by atoms with van der Waals surface area (Å²) in [7, 11) is 2.91. The van der Waals surface area contributed by atoms with Gasteiger partial charge in [-0.25, -0.2) is 14.5 Å². The summed E-state index contributed by atoms with van der Waals surface area (Å²) in [5.74, 6) is -0.347. The molecular weight excluding hydrogens is 438 g/mol. The quantitative estimate of drug-likeness (QED) is 0.461. The third-order valence-corrected chi connectivity index (χ3v) is 6.56. The largest absolute Gasteiger partial charge is 0.349 e. The van der Waals surface area contributed by atoms with Gasteiger partial charge in [-0.2, -0.15) is 5.10 Å². The highest BCUT2D eigenvalue weighted by Gasteiger charge is 2.22. The predicted octanol–water partition coefficient (Wildman–Crippen LogP) is 0.575. The molecule has 0 saturated heterocycles. The van der Waals surface area contributed by atoms with Crippen LogP contribution in [0.2, 0.25) is 0 Å². The summed E-state index contributed by atoms with van der Waals surface area (Å²) in [6.07, 6.45) is 5.35. The standard InChI is InChI=1S/C23H25N7O4/c1-27-20-19(22(33)28(2)23(27)34)29(13-25-20)12-18(31)24-11-17-15-9-5-6-10-16(15)21(32)30(26-17)14-7-3-4-8-14/h5-6,9-10,13-14H,3-4,7-8,11-12H2,1-2H3,(H,24,31). The van der Waals surface area contributed by atoms with Crippen LogP contribution in [0, 0.1) is 0 Å². The summed E-state index contributed by atoms with van der Waals surface area (Å²) >= 11 is 0. The maximum Gasteiger partial charge on any atom is 0.332 e. The summed E-state index contributed by atoms with van der Waals surface area (Å²) < 4.78 is 5.26. The number of amides is 1. The van der Waals surface area contributed by atoms with Crippen LogP contribution in [0.5, 0.6) is 0 Å². The van der Waals surface area contributed by atoms with Crippen molar-refractivity contribution >= 4 is 27.8 Å². The predicted molar refractivity (Wildman–Crippen MR) is 126 cm³/mol. The van der Waals surface area contributed by atoms with Crippen LogP contribution in [0.1, 0.15) is 37.4 Å². The fraction of sp³-hybridized carbons (Fsp3) is 0.391. The summed E-state index contributed by atoms with van der Waals surface area (Å²) in [5, 5.41) is 8.77. The fourth-order valence-electron chi connectivity index (χ4n) is 4.71. The Morgan fingerprint density at radius 3 is 2.47 bits per heavy atom. The van der Waals surface area contributed by atoms with E-state index < -0.39 is 11.2 Å². The van der Waals surface area contributed by atoms with Crippen molar-refractivity contribution in [3.63, 3.8) is 0 Å². The number of hydrogen-bond donors (Lipinski definition) is 1. The first-order chi connectivity index (χ1) is 16.4.